The minimum Gasteiger partial charge on any atom is -0.449 e. The fourth-order valence-electron chi connectivity index (χ4n) is 3.48. The Labute approximate surface area is 168 Å². The number of hydrogen-bond acceptors (Lipinski definition) is 5. The summed E-state index contributed by atoms with van der Waals surface area (Å²) in [5, 5.41) is 5.75. The highest BCUT2D eigenvalue weighted by Gasteiger charge is 2.25. The molecule has 1 aliphatic rings. The van der Waals surface area contributed by atoms with E-state index in [1.165, 1.54) is 0 Å². The quantitative estimate of drug-likeness (QED) is 0.724. The number of piperazine rings is 1. The summed E-state index contributed by atoms with van der Waals surface area (Å²) >= 11 is 6.74. The Hall–Kier alpha value is -2.74. The van der Waals surface area contributed by atoms with Crippen molar-refractivity contribution in [1.29, 1.82) is 0 Å². The van der Waals surface area contributed by atoms with Crippen molar-refractivity contribution in [1.82, 2.24) is 24.6 Å². The number of anilines is 1. The molecule has 0 unspecified atom stereocenters. The number of carbonyl (C=O) groups is 1. The van der Waals surface area contributed by atoms with Crippen LogP contribution < -0.4 is 4.90 Å². The van der Waals surface area contributed by atoms with Gasteiger partial charge in [-0.1, -0.05) is 18.5 Å². The van der Waals surface area contributed by atoms with Gasteiger partial charge in [-0.05, 0) is 12.5 Å². The zero-order valence-corrected chi connectivity index (χ0v) is 16.7. The molecule has 0 saturated carbocycles. The molecule has 9 heteroatoms. The molecule has 0 radical (unpaired) electrons. The van der Waals surface area contributed by atoms with Crippen LogP contribution in [0.25, 0.3) is 22.3 Å². The summed E-state index contributed by atoms with van der Waals surface area (Å²) < 4.78 is 6.98. The lowest BCUT2D eigenvalue weighted by Gasteiger charge is -2.35. The molecule has 3 aromatic rings. The number of pyridine rings is 1. The first-order chi connectivity index (χ1) is 13.6. The number of aromatic nitrogens is 4. The molecule has 1 fully saturated rings. The molecule has 0 atom stereocenters. The van der Waals surface area contributed by atoms with E-state index in [-0.39, 0.29) is 6.09 Å². The number of carbonyl (C=O) groups excluding carboxylic acids is 1. The molecular formula is C19H23ClN6O2. The number of aromatic amines is 1. The Bertz CT molecular complexity index is 990. The Balaban J connectivity index is 1.58. The van der Waals surface area contributed by atoms with Crippen molar-refractivity contribution < 1.29 is 9.53 Å². The Morgan fingerprint density at radius 2 is 2.11 bits per heavy atom. The smallest absolute Gasteiger partial charge is 0.409 e. The predicted molar refractivity (Wildman–Crippen MR) is 109 cm³/mol. The van der Waals surface area contributed by atoms with Crippen LogP contribution in [0.1, 0.15) is 13.3 Å². The van der Waals surface area contributed by atoms with Gasteiger partial charge < -0.3 is 19.5 Å². The molecule has 8 nitrogen and oxygen atoms in total. The van der Waals surface area contributed by atoms with Crippen molar-refractivity contribution >= 4 is 34.4 Å². The lowest BCUT2D eigenvalue weighted by molar-refractivity contribution is 0.100. The number of fused-ring (bicyclic) bond motifs is 1. The molecule has 1 saturated heterocycles. The molecule has 3 aromatic heterocycles. The molecule has 28 heavy (non-hydrogen) atoms. The molecule has 4 heterocycles. The van der Waals surface area contributed by atoms with E-state index in [1.807, 2.05) is 26.2 Å². The molecule has 1 aliphatic heterocycles. The van der Waals surface area contributed by atoms with Crippen molar-refractivity contribution in [3.8, 4) is 11.3 Å². The highest BCUT2D eigenvalue weighted by atomic mass is 35.5. The number of nitrogens with zero attached hydrogens (tertiary/aromatic N) is 5. The molecule has 1 N–H and O–H groups in total. The molecule has 4 rings (SSSR count). The number of amides is 1. The van der Waals surface area contributed by atoms with E-state index in [4.69, 9.17) is 16.3 Å². The third kappa shape index (κ3) is 3.40. The second-order valence-corrected chi connectivity index (χ2v) is 7.24. The molecule has 1 amide bonds. The first-order valence-electron chi connectivity index (χ1n) is 9.40. The van der Waals surface area contributed by atoms with Gasteiger partial charge >= 0.3 is 6.09 Å². The van der Waals surface area contributed by atoms with E-state index in [9.17, 15) is 4.79 Å². The van der Waals surface area contributed by atoms with Crippen LogP contribution >= 0.6 is 11.6 Å². The second kappa shape index (κ2) is 7.71. The van der Waals surface area contributed by atoms with Gasteiger partial charge in [0.2, 0.25) is 0 Å². The van der Waals surface area contributed by atoms with Crippen LogP contribution in [-0.2, 0) is 11.8 Å². The number of aryl methyl sites for hydroxylation is 1. The van der Waals surface area contributed by atoms with Gasteiger partial charge in [0, 0.05) is 51.2 Å². The van der Waals surface area contributed by atoms with Crippen molar-refractivity contribution in [2.24, 2.45) is 7.05 Å². The summed E-state index contributed by atoms with van der Waals surface area (Å²) in [5.41, 5.74) is 3.49. The number of hydrogen-bond donors (Lipinski definition) is 1. The summed E-state index contributed by atoms with van der Waals surface area (Å²) in [6.07, 6.45) is 6.05. The van der Waals surface area contributed by atoms with Crippen LogP contribution in [0.5, 0.6) is 0 Å². The normalized spacial score (nSPS) is 14.7. The van der Waals surface area contributed by atoms with Crippen LogP contribution in [0, 0.1) is 0 Å². The minimum atomic E-state index is -0.236. The van der Waals surface area contributed by atoms with Crippen molar-refractivity contribution in [2.75, 3.05) is 37.7 Å². The lowest BCUT2D eigenvalue weighted by atomic mass is 10.2. The maximum absolute atomic E-state index is 12.1. The van der Waals surface area contributed by atoms with Crippen LogP contribution in [0.2, 0.25) is 5.02 Å². The highest BCUT2D eigenvalue weighted by molar-refractivity contribution is 6.39. The summed E-state index contributed by atoms with van der Waals surface area (Å²) in [4.78, 5) is 23.8. The van der Waals surface area contributed by atoms with E-state index in [2.05, 4.69) is 20.0 Å². The van der Waals surface area contributed by atoms with E-state index < -0.39 is 0 Å². The third-order valence-electron chi connectivity index (χ3n) is 4.91. The van der Waals surface area contributed by atoms with Gasteiger partial charge in [0.25, 0.3) is 0 Å². The zero-order chi connectivity index (χ0) is 19.7. The molecule has 0 bridgehead atoms. The number of ether oxygens (including phenoxy) is 1. The first kappa shape index (κ1) is 18.6. The average molecular weight is 403 g/mol. The van der Waals surface area contributed by atoms with Gasteiger partial charge in [-0.25, -0.2) is 9.78 Å². The number of nitrogens with one attached hydrogen (secondary N) is 1. The topological polar surface area (TPSA) is 79.3 Å². The van der Waals surface area contributed by atoms with Gasteiger partial charge in [-0.15, -0.1) is 0 Å². The van der Waals surface area contributed by atoms with Crippen LogP contribution in [0.15, 0.2) is 24.7 Å². The van der Waals surface area contributed by atoms with E-state index in [0.29, 0.717) is 37.8 Å². The molecular weight excluding hydrogens is 380 g/mol. The van der Waals surface area contributed by atoms with Gasteiger partial charge in [0.05, 0.1) is 34.6 Å². The number of rotatable bonds is 4. The van der Waals surface area contributed by atoms with Crippen LogP contribution in [-0.4, -0.2) is 63.5 Å². The van der Waals surface area contributed by atoms with Crippen LogP contribution in [0.3, 0.4) is 0 Å². The Kier molecular flexibility index (Phi) is 5.13. The first-order valence-corrected chi connectivity index (χ1v) is 9.78. The monoisotopic (exact) mass is 402 g/mol. The van der Waals surface area contributed by atoms with Crippen LogP contribution in [0.4, 0.5) is 10.5 Å². The van der Waals surface area contributed by atoms with Gasteiger partial charge in [0.1, 0.15) is 5.65 Å². The lowest BCUT2D eigenvalue weighted by Crippen LogP contribution is -2.49. The van der Waals surface area contributed by atoms with Crippen molar-refractivity contribution in [3.05, 3.63) is 29.7 Å². The molecule has 0 aliphatic carbocycles. The fraction of sp³-hybridized carbons (Fsp3) is 0.421. The van der Waals surface area contributed by atoms with Gasteiger partial charge in [-0.3, -0.25) is 4.68 Å². The molecule has 148 valence electrons. The van der Waals surface area contributed by atoms with Crippen molar-refractivity contribution in [3.63, 3.8) is 0 Å². The summed E-state index contributed by atoms with van der Waals surface area (Å²) in [6, 6.07) is 1.97. The Morgan fingerprint density at radius 3 is 2.79 bits per heavy atom. The fourth-order valence-corrected chi connectivity index (χ4v) is 3.83. The highest BCUT2D eigenvalue weighted by Crippen LogP contribution is 2.38. The maximum Gasteiger partial charge on any atom is 0.409 e. The van der Waals surface area contributed by atoms with E-state index in [0.717, 1.165) is 34.4 Å². The summed E-state index contributed by atoms with van der Waals surface area (Å²) in [7, 11) is 1.87. The average Bonchev–Trinajstić information content (AvgIpc) is 3.29. The Morgan fingerprint density at radius 1 is 1.32 bits per heavy atom. The summed E-state index contributed by atoms with van der Waals surface area (Å²) in [5.74, 6) is 0. The number of halogens is 1. The predicted octanol–water partition coefficient (Wildman–Crippen LogP) is 3.29. The van der Waals surface area contributed by atoms with Gasteiger partial charge in [0.15, 0.2) is 0 Å². The second-order valence-electron chi connectivity index (χ2n) is 6.86. The standard InChI is InChI=1S/C19H23ClN6O2/c1-3-10-28-19(27)26-8-6-25(7-9-26)14-4-5-21-18-15(14)16(20)17(23-18)13-11-22-24(2)12-13/h4-5,11-12H,3,6-10H2,1-2H3,(H,21,23). The third-order valence-corrected chi connectivity index (χ3v) is 5.29. The van der Waals surface area contributed by atoms with Gasteiger partial charge in [-0.2, -0.15) is 5.10 Å². The van der Waals surface area contributed by atoms with Crippen molar-refractivity contribution in [2.45, 2.75) is 13.3 Å². The SMILES string of the molecule is CCCOC(=O)N1CCN(c2ccnc3[nH]c(-c4cnn(C)c4)c(Cl)c23)CC1. The molecule has 0 aromatic carbocycles. The summed E-state index contributed by atoms with van der Waals surface area (Å²) in [6.45, 7) is 5.10. The van der Waals surface area contributed by atoms with E-state index >= 15 is 0 Å². The number of H-pyrrole nitrogens is 1. The molecule has 0 spiro atoms. The zero-order valence-electron chi connectivity index (χ0n) is 16.0. The maximum atomic E-state index is 12.1. The largest absolute Gasteiger partial charge is 0.449 e. The van der Waals surface area contributed by atoms with E-state index in [1.54, 1.807) is 22.0 Å². The minimum absolute atomic E-state index is 0.236.